The highest BCUT2D eigenvalue weighted by Gasteiger charge is 2.32. The number of carbonyl (C=O) groups is 1. The van der Waals surface area contributed by atoms with E-state index in [9.17, 15) is 4.79 Å². The zero-order valence-electron chi connectivity index (χ0n) is 13.9. The zero-order chi connectivity index (χ0) is 16.2. The number of thiol groups is 1. The number of aryl methyl sites for hydroxylation is 1. The van der Waals surface area contributed by atoms with E-state index in [1.807, 2.05) is 6.92 Å². The van der Waals surface area contributed by atoms with Gasteiger partial charge >= 0.3 is 6.03 Å². The van der Waals surface area contributed by atoms with E-state index >= 15 is 0 Å². The molecule has 3 rings (SSSR count). The van der Waals surface area contributed by atoms with Gasteiger partial charge in [0.25, 0.3) is 0 Å². The minimum absolute atomic E-state index is 0.0471. The van der Waals surface area contributed by atoms with Gasteiger partial charge in [0.1, 0.15) is 0 Å². The summed E-state index contributed by atoms with van der Waals surface area (Å²) >= 11 is 5.84. The smallest absolute Gasteiger partial charge is 0.319 e. The SMILES string of the molecule is Cc1nc(NC(=O)N(C2CCCCC2)C2CCCCC2)sc1S. The first-order valence-electron chi connectivity index (χ1n) is 8.91. The molecule has 1 aromatic rings. The van der Waals surface area contributed by atoms with Crippen molar-refractivity contribution in [2.75, 3.05) is 5.32 Å². The fourth-order valence-corrected chi connectivity index (χ4v) is 4.95. The summed E-state index contributed by atoms with van der Waals surface area (Å²) in [7, 11) is 0. The predicted molar refractivity (Wildman–Crippen MR) is 98.7 cm³/mol. The molecule has 2 aliphatic carbocycles. The molecule has 1 N–H and O–H groups in total. The molecule has 0 unspecified atom stereocenters. The Labute approximate surface area is 148 Å². The van der Waals surface area contributed by atoms with Crippen molar-refractivity contribution in [3.63, 3.8) is 0 Å². The van der Waals surface area contributed by atoms with Gasteiger partial charge in [-0.25, -0.2) is 9.78 Å². The summed E-state index contributed by atoms with van der Waals surface area (Å²) in [5, 5.41) is 3.72. The highest BCUT2D eigenvalue weighted by Crippen LogP contribution is 2.32. The number of urea groups is 1. The molecule has 1 aromatic heterocycles. The Balaban J connectivity index is 1.73. The van der Waals surface area contributed by atoms with Gasteiger partial charge in [-0.1, -0.05) is 49.9 Å². The Morgan fingerprint density at radius 3 is 2.04 bits per heavy atom. The summed E-state index contributed by atoms with van der Waals surface area (Å²) in [6, 6.07) is 0.859. The van der Waals surface area contributed by atoms with Crippen molar-refractivity contribution in [2.24, 2.45) is 0 Å². The number of nitrogens with zero attached hydrogens (tertiary/aromatic N) is 2. The van der Waals surface area contributed by atoms with E-state index < -0.39 is 0 Å². The van der Waals surface area contributed by atoms with Crippen LogP contribution in [0.25, 0.3) is 0 Å². The van der Waals surface area contributed by atoms with E-state index in [1.165, 1.54) is 49.9 Å². The Kier molecular flexibility index (Phi) is 5.85. The van der Waals surface area contributed by atoms with Crippen LogP contribution in [0.15, 0.2) is 4.21 Å². The van der Waals surface area contributed by atoms with Gasteiger partial charge in [0.05, 0.1) is 9.90 Å². The first kappa shape index (κ1) is 17.1. The lowest BCUT2D eigenvalue weighted by atomic mass is 9.89. The van der Waals surface area contributed by atoms with Crippen LogP contribution in [-0.2, 0) is 0 Å². The molecule has 0 aliphatic heterocycles. The number of thiazole rings is 1. The van der Waals surface area contributed by atoms with Gasteiger partial charge in [0.15, 0.2) is 5.13 Å². The third-order valence-corrected chi connectivity index (χ3v) is 6.63. The molecule has 2 fully saturated rings. The summed E-state index contributed by atoms with van der Waals surface area (Å²) in [5.74, 6) is 0. The molecule has 0 radical (unpaired) electrons. The summed E-state index contributed by atoms with van der Waals surface area (Å²) in [5.41, 5.74) is 0.885. The van der Waals surface area contributed by atoms with Crippen LogP contribution in [0.1, 0.15) is 69.9 Å². The molecule has 0 atom stereocenters. The van der Waals surface area contributed by atoms with Gasteiger partial charge in [-0.2, -0.15) is 0 Å². The Hall–Kier alpha value is -0.750. The number of amides is 2. The first-order valence-corrected chi connectivity index (χ1v) is 10.2. The molecule has 4 nitrogen and oxygen atoms in total. The second-order valence-corrected chi connectivity index (χ2v) is 8.58. The number of nitrogens with one attached hydrogen (secondary N) is 1. The largest absolute Gasteiger partial charge is 0.324 e. The minimum atomic E-state index is 0.0471. The van der Waals surface area contributed by atoms with Crippen molar-refractivity contribution in [1.82, 2.24) is 9.88 Å². The second-order valence-electron chi connectivity index (χ2n) is 6.83. The molecule has 2 aliphatic rings. The summed E-state index contributed by atoms with van der Waals surface area (Å²) in [6.45, 7) is 1.93. The van der Waals surface area contributed by atoms with Crippen LogP contribution in [0.3, 0.4) is 0 Å². The fourth-order valence-electron chi connectivity index (χ4n) is 3.95. The van der Waals surface area contributed by atoms with Gasteiger partial charge in [-0.15, -0.1) is 12.6 Å². The average molecular weight is 354 g/mol. The number of rotatable bonds is 3. The lowest BCUT2D eigenvalue weighted by Gasteiger charge is -2.41. The van der Waals surface area contributed by atoms with E-state index in [2.05, 4.69) is 27.8 Å². The van der Waals surface area contributed by atoms with Crippen molar-refractivity contribution in [3.8, 4) is 0 Å². The van der Waals surface area contributed by atoms with Crippen molar-refractivity contribution in [1.29, 1.82) is 0 Å². The highest BCUT2D eigenvalue weighted by atomic mass is 32.2. The summed E-state index contributed by atoms with van der Waals surface area (Å²) in [6.07, 6.45) is 12.2. The average Bonchev–Trinajstić information content (AvgIpc) is 2.87. The van der Waals surface area contributed by atoms with Gasteiger partial charge in [-0.3, -0.25) is 5.32 Å². The van der Waals surface area contributed by atoms with Crippen LogP contribution >= 0.6 is 24.0 Å². The Morgan fingerprint density at radius 2 is 1.61 bits per heavy atom. The van der Waals surface area contributed by atoms with E-state index in [0.29, 0.717) is 17.2 Å². The first-order chi connectivity index (χ1) is 11.1. The molecule has 6 heteroatoms. The monoisotopic (exact) mass is 353 g/mol. The molecule has 2 amide bonds. The third kappa shape index (κ3) is 4.21. The van der Waals surface area contributed by atoms with Crippen molar-refractivity contribution >= 4 is 35.1 Å². The van der Waals surface area contributed by atoms with Gasteiger partial charge in [0.2, 0.25) is 0 Å². The van der Waals surface area contributed by atoms with E-state index in [4.69, 9.17) is 0 Å². The summed E-state index contributed by atoms with van der Waals surface area (Å²) < 4.78 is 0.877. The second kappa shape index (κ2) is 7.88. The van der Waals surface area contributed by atoms with Gasteiger partial charge in [0, 0.05) is 12.1 Å². The quantitative estimate of drug-likeness (QED) is 0.730. The molecular formula is C17H27N3OS2. The fraction of sp³-hybridized carbons (Fsp3) is 0.765. The van der Waals surface area contributed by atoms with E-state index in [1.54, 1.807) is 0 Å². The Bertz CT molecular complexity index is 496. The van der Waals surface area contributed by atoms with E-state index in [-0.39, 0.29) is 6.03 Å². The van der Waals surface area contributed by atoms with Crippen LogP contribution in [0.5, 0.6) is 0 Å². The van der Waals surface area contributed by atoms with Gasteiger partial charge < -0.3 is 4.90 Å². The van der Waals surface area contributed by atoms with Crippen molar-refractivity contribution in [3.05, 3.63) is 5.69 Å². The van der Waals surface area contributed by atoms with Crippen LogP contribution < -0.4 is 5.32 Å². The molecule has 1 heterocycles. The van der Waals surface area contributed by atoms with Crippen LogP contribution in [0, 0.1) is 6.92 Å². The van der Waals surface area contributed by atoms with E-state index in [0.717, 1.165) is 35.6 Å². The molecule has 2 saturated carbocycles. The lowest BCUT2D eigenvalue weighted by Crippen LogP contribution is -2.50. The maximum atomic E-state index is 13.0. The minimum Gasteiger partial charge on any atom is -0.319 e. The molecule has 23 heavy (non-hydrogen) atoms. The lowest BCUT2D eigenvalue weighted by molar-refractivity contribution is 0.114. The van der Waals surface area contributed by atoms with Crippen molar-refractivity contribution < 1.29 is 4.79 Å². The number of aromatic nitrogens is 1. The predicted octanol–water partition coefficient (Wildman–Crippen LogP) is 5.24. The summed E-state index contributed by atoms with van der Waals surface area (Å²) in [4.78, 5) is 19.6. The third-order valence-electron chi connectivity index (χ3n) is 5.16. The molecular weight excluding hydrogens is 326 g/mol. The molecule has 0 spiro atoms. The highest BCUT2D eigenvalue weighted by molar-refractivity contribution is 7.83. The topological polar surface area (TPSA) is 45.2 Å². The normalized spacial score (nSPS) is 20.4. The van der Waals surface area contributed by atoms with Crippen LogP contribution in [0.2, 0.25) is 0 Å². The standard InChI is InChI=1S/C17H27N3OS2/c1-12-15(22)23-16(18-12)19-17(21)20(13-8-4-2-5-9-13)14-10-6-3-7-11-14/h13-14,22H,2-11H2,1H3,(H,18,19,21). The molecule has 0 aromatic carbocycles. The number of anilines is 1. The number of hydrogen-bond donors (Lipinski definition) is 2. The van der Waals surface area contributed by atoms with Gasteiger partial charge in [-0.05, 0) is 32.6 Å². The Morgan fingerprint density at radius 1 is 1.09 bits per heavy atom. The number of hydrogen-bond acceptors (Lipinski definition) is 4. The molecule has 0 bridgehead atoms. The van der Waals surface area contributed by atoms with Crippen molar-refractivity contribution in [2.45, 2.75) is 87.4 Å². The number of carbonyl (C=O) groups excluding carboxylic acids is 1. The maximum Gasteiger partial charge on any atom is 0.324 e. The maximum absolute atomic E-state index is 13.0. The molecule has 0 saturated heterocycles. The van der Waals surface area contributed by atoms with Crippen LogP contribution in [0.4, 0.5) is 9.93 Å². The molecule has 128 valence electrons. The van der Waals surface area contributed by atoms with Crippen LogP contribution in [-0.4, -0.2) is 28.0 Å². The zero-order valence-corrected chi connectivity index (χ0v) is 15.6.